The molecular weight excluding hydrogens is 446 g/mol. The summed E-state index contributed by atoms with van der Waals surface area (Å²) in [5.41, 5.74) is 3.57. The maximum Gasteiger partial charge on any atom is 0.307 e. The zero-order valence-corrected chi connectivity index (χ0v) is 19.6. The average molecular weight is 472 g/mol. The Balaban J connectivity index is 1.92. The number of carbonyl (C=O) groups is 3. The third-order valence-corrected chi connectivity index (χ3v) is 6.01. The number of rotatable bonds is 6. The Morgan fingerprint density at radius 2 is 1.63 bits per heavy atom. The summed E-state index contributed by atoms with van der Waals surface area (Å²) in [7, 11) is 1.49. The second kappa shape index (κ2) is 9.46. The third kappa shape index (κ3) is 4.40. The largest absolute Gasteiger partial charge is 0.507 e. The molecule has 1 unspecified atom stereocenters. The van der Waals surface area contributed by atoms with Crippen LogP contribution in [0.15, 0.2) is 72.3 Å². The van der Waals surface area contributed by atoms with E-state index in [-0.39, 0.29) is 17.8 Å². The fraction of sp³-hybridized carbons (Fsp3) is 0.179. The standard InChI is InChI=1S/C28H25NO6/c1-16-13-17(2)27(35-3)21(14-16)25(32)23-24(19-7-5-4-6-8-19)29(28(34)26(23)33)20-11-9-18(10-12-20)15-22(30)31/h4-14,24,32H,15H2,1-3H3,(H,30,31)/b25-23+. The topological polar surface area (TPSA) is 104 Å². The number of aliphatic hydroxyl groups excluding tert-OH is 1. The molecule has 0 saturated carbocycles. The Morgan fingerprint density at radius 1 is 0.971 bits per heavy atom. The molecule has 0 aromatic heterocycles. The number of carbonyl (C=O) groups excluding carboxylic acids is 2. The molecule has 1 heterocycles. The van der Waals surface area contributed by atoms with Crippen molar-refractivity contribution in [2.45, 2.75) is 26.3 Å². The van der Waals surface area contributed by atoms with Gasteiger partial charge >= 0.3 is 5.97 Å². The molecule has 7 nitrogen and oxygen atoms in total. The highest BCUT2D eigenvalue weighted by Gasteiger charge is 2.47. The summed E-state index contributed by atoms with van der Waals surface area (Å²) in [4.78, 5) is 39.0. The van der Waals surface area contributed by atoms with E-state index in [4.69, 9.17) is 9.84 Å². The zero-order valence-electron chi connectivity index (χ0n) is 19.6. The van der Waals surface area contributed by atoms with Gasteiger partial charge in [-0.15, -0.1) is 0 Å². The van der Waals surface area contributed by atoms with Gasteiger partial charge in [0, 0.05) is 5.69 Å². The quantitative estimate of drug-likeness (QED) is 0.310. The van der Waals surface area contributed by atoms with Crippen molar-refractivity contribution in [2.75, 3.05) is 12.0 Å². The molecule has 1 aliphatic rings. The summed E-state index contributed by atoms with van der Waals surface area (Å²) in [6, 6.07) is 18.2. The minimum atomic E-state index is -0.968. The number of aliphatic hydroxyl groups is 1. The van der Waals surface area contributed by atoms with E-state index in [2.05, 4.69) is 0 Å². The first-order valence-electron chi connectivity index (χ1n) is 11.0. The normalized spacial score (nSPS) is 17.0. The number of methoxy groups -OCH3 is 1. The van der Waals surface area contributed by atoms with E-state index < -0.39 is 23.7 Å². The molecule has 35 heavy (non-hydrogen) atoms. The number of hydrogen-bond donors (Lipinski definition) is 2. The first-order chi connectivity index (χ1) is 16.7. The van der Waals surface area contributed by atoms with Crippen LogP contribution in [0, 0.1) is 13.8 Å². The van der Waals surface area contributed by atoms with Crippen molar-refractivity contribution in [2.24, 2.45) is 0 Å². The summed E-state index contributed by atoms with van der Waals surface area (Å²) in [6.45, 7) is 3.71. The van der Waals surface area contributed by atoms with Crippen LogP contribution in [0.1, 0.15) is 33.9 Å². The van der Waals surface area contributed by atoms with Gasteiger partial charge in [0.1, 0.15) is 11.5 Å². The molecule has 3 aromatic carbocycles. The first kappa shape index (κ1) is 23.8. The number of nitrogens with zero attached hydrogens (tertiary/aromatic N) is 1. The lowest BCUT2D eigenvalue weighted by molar-refractivity contribution is -0.136. The van der Waals surface area contributed by atoms with Crippen molar-refractivity contribution < 1.29 is 29.3 Å². The lowest BCUT2D eigenvalue weighted by atomic mass is 9.93. The van der Waals surface area contributed by atoms with E-state index in [1.54, 1.807) is 54.6 Å². The molecule has 3 aromatic rings. The van der Waals surface area contributed by atoms with Gasteiger partial charge in [-0.1, -0.05) is 48.5 Å². The average Bonchev–Trinajstić information content (AvgIpc) is 3.09. The monoisotopic (exact) mass is 471 g/mol. The van der Waals surface area contributed by atoms with Gasteiger partial charge in [-0.3, -0.25) is 19.3 Å². The molecule has 0 bridgehead atoms. The molecule has 2 N–H and O–H groups in total. The summed E-state index contributed by atoms with van der Waals surface area (Å²) in [5, 5.41) is 20.5. The van der Waals surface area contributed by atoms with Crippen LogP contribution in [0.5, 0.6) is 5.75 Å². The molecule has 0 aliphatic carbocycles. The lowest BCUT2D eigenvalue weighted by Gasteiger charge is -2.26. The third-order valence-electron chi connectivity index (χ3n) is 6.01. The second-order valence-electron chi connectivity index (χ2n) is 8.48. The smallest absolute Gasteiger partial charge is 0.307 e. The highest BCUT2D eigenvalue weighted by atomic mass is 16.5. The predicted molar refractivity (Wildman–Crippen MR) is 131 cm³/mol. The second-order valence-corrected chi connectivity index (χ2v) is 8.48. The van der Waals surface area contributed by atoms with E-state index in [9.17, 15) is 19.5 Å². The molecule has 1 saturated heterocycles. The molecule has 1 fully saturated rings. The van der Waals surface area contributed by atoms with Crippen molar-refractivity contribution in [3.8, 4) is 5.75 Å². The minimum Gasteiger partial charge on any atom is -0.507 e. The molecule has 0 spiro atoms. The molecule has 178 valence electrons. The first-order valence-corrected chi connectivity index (χ1v) is 11.0. The molecule has 1 amide bonds. The lowest BCUT2D eigenvalue weighted by Crippen LogP contribution is -2.29. The number of Topliss-reactive ketones (excluding diaryl/α,β-unsaturated/α-hetero) is 1. The van der Waals surface area contributed by atoms with Crippen molar-refractivity contribution >= 4 is 29.1 Å². The highest BCUT2D eigenvalue weighted by Crippen LogP contribution is 2.43. The van der Waals surface area contributed by atoms with Gasteiger partial charge < -0.3 is 14.9 Å². The summed E-state index contributed by atoms with van der Waals surface area (Å²) < 4.78 is 5.52. The van der Waals surface area contributed by atoms with Crippen molar-refractivity contribution in [1.82, 2.24) is 0 Å². The number of carboxylic acid groups (broad SMARTS) is 1. The van der Waals surface area contributed by atoms with Gasteiger partial charge in [0.25, 0.3) is 11.7 Å². The molecule has 1 aliphatic heterocycles. The Morgan fingerprint density at radius 3 is 2.23 bits per heavy atom. The molecule has 0 radical (unpaired) electrons. The number of ether oxygens (including phenoxy) is 1. The van der Waals surface area contributed by atoms with Crippen LogP contribution in [-0.2, 0) is 20.8 Å². The van der Waals surface area contributed by atoms with E-state index >= 15 is 0 Å². The number of aliphatic carboxylic acids is 1. The van der Waals surface area contributed by atoms with Gasteiger partial charge in [-0.25, -0.2) is 0 Å². The molecule has 4 rings (SSSR count). The SMILES string of the molecule is COc1c(C)cc(C)cc1/C(O)=C1\C(=O)C(=O)N(c2ccc(CC(=O)O)cc2)C1c1ccccc1. The summed E-state index contributed by atoms with van der Waals surface area (Å²) >= 11 is 0. The van der Waals surface area contributed by atoms with Crippen molar-refractivity contribution in [3.05, 3.63) is 100 Å². The van der Waals surface area contributed by atoms with Crippen LogP contribution in [0.25, 0.3) is 5.76 Å². The van der Waals surface area contributed by atoms with Crippen LogP contribution in [0.4, 0.5) is 5.69 Å². The van der Waals surface area contributed by atoms with Crippen LogP contribution in [0.3, 0.4) is 0 Å². The number of carboxylic acids is 1. The number of anilines is 1. The van der Waals surface area contributed by atoms with Crippen LogP contribution >= 0.6 is 0 Å². The maximum atomic E-state index is 13.3. The maximum absolute atomic E-state index is 13.3. The van der Waals surface area contributed by atoms with E-state index in [0.717, 1.165) is 11.1 Å². The molecule has 1 atom stereocenters. The predicted octanol–water partition coefficient (Wildman–Crippen LogP) is 4.57. The Kier molecular flexibility index (Phi) is 6.42. The van der Waals surface area contributed by atoms with Gasteiger partial charge in [0.15, 0.2) is 0 Å². The van der Waals surface area contributed by atoms with E-state index in [0.29, 0.717) is 28.1 Å². The van der Waals surface area contributed by atoms with E-state index in [1.165, 1.54) is 12.0 Å². The van der Waals surface area contributed by atoms with Crippen LogP contribution in [0.2, 0.25) is 0 Å². The summed E-state index contributed by atoms with van der Waals surface area (Å²) in [5.74, 6) is -2.46. The Bertz CT molecular complexity index is 1340. The minimum absolute atomic E-state index is 0.0425. The fourth-order valence-corrected chi connectivity index (χ4v) is 4.54. The highest BCUT2D eigenvalue weighted by molar-refractivity contribution is 6.51. The number of benzene rings is 3. The van der Waals surface area contributed by atoms with Crippen LogP contribution < -0.4 is 9.64 Å². The Labute approximate surface area is 202 Å². The zero-order chi connectivity index (χ0) is 25.3. The van der Waals surface area contributed by atoms with Crippen molar-refractivity contribution in [1.29, 1.82) is 0 Å². The van der Waals surface area contributed by atoms with Gasteiger partial charge in [-0.2, -0.15) is 0 Å². The van der Waals surface area contributed by atoms with Gasteiger partial charge in [-0.05, 0) is 54.3 Å². The number of aryl methyl sites for hydroxylation is 2. The number of amides is 1. The van der Waals surface area contributed by atoms with Gasteiger partial charge in [0.2, 0.25) is 0 Å². The van der Waals surface area contributed by atoms with E-state index in [1.807, 2.05) is 26.0 Å². The summed E-state index contributed by atoms with van der Waals surface area (Å²) in [6.07, 6.45) is -0.159. The molecular formula is C28H25NO6. The number of ketones is 1. The van der Waals surface area contributed by atoms with Gasteiger partial charge in [0.05, 0.1) is 30.7 Å². The van der Waals surface area contributed by atoms with Crippen LogP contribution in [-0.4, -0.2) is 35.0 Å². The number of hydrogen-bond acceptors (Lipinski definition) is 5. The van der Waals surface area contributed by atoms with Crippen molar-refractivity contribution in [3.63, 3.8) is 0 Å². The Hall–Kier alpha value is -4.39. The molecule has 7 heteroatoms. The fourth-order valence-electron chi connectivity index (χ4n) is 4.54.